The van der Waals surface area contributed by atoms with E-state index in [1.807, 2.05) is 0 Å². The minimum Gasteiger partial charge on any atom is -0.714 e. The Kier molecular flexibility index (Phi) is 5.24. The average Bonchev–Trinajstić information content (AvgIpc) is 2.80. The van der Waals surface area contributed by atoms with Crippen molar-refractivity contribution in [2.45, 2.75) is 38.8 Å². The molecular weight excluding hydrogens is 443 g/mol. The Hall–Kier alpha value is -2.06. The number of ether oxygens (including phenoxy) is 1. The highest BCUT2D eigenvalue weighted by Crippen LogP contribution is 2.38. The molecule has 0 saturated heterocycles. The molecule has 0 bridgehead atoms. The number of allylic oxidation sites excluding steroid dienone is 3. The van der Waals surface area contributed by atoms with Gasteiger partial charge in [-0.3, -0.25) is 14.3 Å². The molecule has 153 valence electrons. The SMILES string of the molecule is CC1(C)N([O])C(c2ccc(OC3=C(Cl)C(=O)C(Cl)=C(Cl)C3=O)cc2)=[N+]([O-])C1(C)C. The summed E-state index contributed by atoms with van der Waals surface area (Å²) in [5.74, 6) is -1.98. The van der Waals surface area contributed by atoms with Crippen LogP contribution in [0.3, 0.4) is 0 Å². The second-order valence-electron chi connectivity index (χ2n) is 7.59. The molecule has 1 aliphatic carbocycles. The number of hydrogen-bond donors (Lipinski definition) is 0. The standard InChI is InChI=1S/C19H16Cl3N2O5/c1-18(2)19(3,4)24(28)17(23(18)27)9-5-7-10(8-6-9)29-16-13(22)14(25)11(20)12(21)15(16)26/h5-8H,1-4H3. The first-order valence-corrected chi connectivity index (χ1v) is 9.60. The third-order valence-electron chi connectivity index (χ3n) is 5.43. The van der Waals surface area contributed by atoms with E-state index in [4.69, 9.17) is 39.5 Å². The maximum absolute atomic E-state index is 12.7. The van der Waals surface area contributed by atoms with Crippen LogP contribution in [0.15, 0.2) is 45.1 Å². The van der Waals surface area contributed by atoms with Gasteiger partial charge in [-0.05, 0) is 52.0 Å². The Bertz CT molecular complexity index is 1020. The summed E-state index contributed by atoms with van der Waals surface area (Å²) in [7, 11) is 0. The van der Waals surface area contributed by atoms with E-state index in [9.17, 15) is 20.0 Å². The van der Waals surface area contributed by atoms with E-state index in [2.05, 4.69) is 0 Å². The molecule has 3 rings (SSSR count). The van der Waals surface area contributed by atoms with E-state index in [-0.39, 0.29) is 11.6 Å². The number of ketones is 2. The first kappa shape index (κ1) is 21.6. The molecule has 0 saturated carbocycles. The highest BCUT2D eigenvalue weighted by Gasteiger charge is 2.59. The highest BCUT2D eigenvalue weighted by molar-refractivity contribution is 6.64. The number of carbonyl (C=O) groups excluding carboxylic acids is 2. The van der Waals surface area contributed by atoms with Crippen molar-refractivity contribution in [1.82, 2.24) is 5.06 Å². The van der Waals surface area contributed by atoms with Gasteiger partial charge < -0.3 is 9.94 Å². The number of nitrogens with zero attached hydrogens (tertiary/aromatic N) is 2. The van der Waals surface area contributed by atoms with Crippen LogP contribution in [-0.2, 0) is 14.8 Å². The molecule has 1 aromatic carbocycles. The summed E-state index contributed by atoms with van der Waals surface area (Å²) < 4.78 is 6.12. The van der Waals surface area contributed by atoms with Crippen molar-refractivity contribution in [1.29, 1.82) is 0 Å². The second-order valence-corrected chi connectivity index (χ2v) is 8.72. The predicted molar refractivity (Wildman–Crippen MR) is 107 cm³/mol. The molecule has 2 aliphatic rings. The molecule has 0 amide bonds. The maximum atomic E-state index is 12.7. The van der Waals surface area contributed by atoms with Crippen LogP contribution < -0.4 is 4.74 Å². The Morgan fingerprint density at radius 3 is 1.93 bits per heavy atom. The first-order chi connectivity index (χ1) is 13.3. The van der Waals surface area contributed by atoms with Crippen molar-refractivity contribution in [3.05, 3.63) is 55.9 Å². The Labute approximate surface area is 181 Å². The summed E-state index contributed by atoms with van der Waals surface area (Å²) in [5, 5.41) is 24.7. The molecule has 1 aliphatic heterocycles. The minimum atomic E-state index is -0.950. The molecule has 1 heterocycles. The first-order valence-electron chi connectivity index (χ1n) is 8.46. The van der Waals surface area contributed by atoms with Crippen LogP contribution in [0.4, 0.5) is 0 Å². The minimum absolute atomic E-state index is 0.0366. The lowest BCUT2D eigenvalue weighted by Gasteiger charge is -2.32. The van der Waals surface area contributed by atoms with Crippen LogP contribution in [0.2, 0.25) is 0 Å². The molecule has 1 aromatic rings. The van der Waals surface area contributed by atoms with Gasteiger partial charge >= 0.3 is 5.84 Å². The summed E-state index contributed by atoms with van der Waals surface area (Å²) in [6.07, 6.45) is 0. The van der Waals surface area contributed by atoms with Crippen LogP contribution in [0.1, 0.15) is 33.3 Å². The molecule has 29 heavy (non-hydrogen) atoms. The average molecular weight is 459 g/mol. The zero-order valence-electron chi connectivity index (χ0n) is 15.9. The van der Waals surface area contributed by atoms with Gasteiger partial charge in [0.15, 0.2) is 11.3 Å². The fraction of sp³-hybridized carbons (Fsp3) is 0.316. The van der Waals surface area contributed by atoms with Crippen molar-refractivity contribution in [3.8, 4) is 5.75 Å². The fourth-order valence-corrected chi connectivity index (χ4v) is 3.44. The van der Waals surface area contributed by atoms with Gasteiger partial charge in [-0.2, -0.15) is 0 Å². The van der Waals surface area contributed by atoms with Crippen molar-refractivity contribution in [2.75, 3.05) is 0 Å². The number of hydroxylamine groups is 3. The summed E-state index contributed by atoms with van der Waals surface area (Å²) in [6, 6.07) is 5.86. The summed E-state index contributed by atoms with van der Waals surface area (Å²) in [5.41, 5.74) is -1.53. The van der Waals surface area contributed by atoms with Gasteiger partial charge in [-0.15, -0.1) is 0 Å². The number of rotatable bonds is 3. The van der Waals surface area contributed by atoms with Crippen molar-refractivity contribution in [3.63, 3.8) is 0 Å². The van der Waals surface area contributed by atoms with Crippen molar-refractivity contribution in [2.24, 2.45) is 0 Å². The van der Waals surface area contributed by atoms with Crippen LogP contribution in [0.5, 0.6) is 5.75 Å². The highest BCUT2D eigenvalue weighted by atomic mass is 35.5. The van der Waals surface area contributed by atoms with Gasteiger partial charge in [0.2, 0.25) is 11.6 Å². The molecule has 0 N–H and O–H groups in total. The number of benzene rings is 1. The summed E-state index contributed by atoms with van der Waals surface area (Å²) in [6.45, 7) is 6.77. The second kappa shape index (κ2) is 7.02. The topological polar surface area (TPSA) is 92.6 Å². The molecule has 0 aromatic heterocycles. The van der Waals surface area contributed by atoms with E-state index in [1.165, 1.54) is 24.3 Å². The molecule has 0 atom stereocenters. The van der Waals surface area contributed by atoms with Gasteiger partial charge in [0.25, 0.3) is 0 Å². The van der Waals surface area contributed by atoms with Crippen LogP contribution in [0, 0.1) is 5.21 Å². The molecule has 0 unspecified atom stereocenters. The van der Waals surface area contributed by atoms with Gasteiger partial charge in [0, 0.05) is 5.21 Å². The fourth-order valence-electron chi connectivity index (χ4n) is 2.82. The van der Waals surface area contributed by atoms with Crippen LogP contribution >= 0.6 is 34.8 Å². The zero-order chi connectivity index (χ0) is 21.9. The van der Waals surface area contributed by atoms with Crippen LogP contribution in [-0.4, -0.2) is 38.3 Å². The third-order valence-corrected chi connectivity index (χ3v) is 6.59. The lowest BCUT2D eigenvalue weighted by atomic mass is 9.84. The molecule has 0 fully saturated rings. The number of carbonyl (C=O) groups is 2. The molecular formula is C19H16Cl3N2O5. The van der Waals surface area contributed by atoms with E-state index < -0.39 is 43.5 Å². The maximum Gasteiger partial charge on any atom is 0.316 e. The number of Topliss-reactive ketones (excluding diaryl/α,β-unsaturated/α-hetero) is 2. The third kappa shape index (κ3) is 3.13. The van der Waals surface area contributed by atoms with Gasteiger partial charge in [-0.25, -0.2) is 0 Å². The van der Waals surface area contributed by atoms with Gasteiger partial charge in [-0.1, -0.05) is 39.9 Å². The largest absolute Gasteiger partial charge is 0.714 e. The number of hydrogen-bond acceptors (Lipinski definition) is 5. The van der Waals surface area contributed by atoms with Gasteiger partial charge in [0.1, 0.15) is 26.4 Å². The van der Waals surface area contributed by atoms with Crippen LogP contribution in [0.25, 0.3) is 0 Å². The lowest BCUT2D eigenvalue weighted by molar-refractivity contribution is -0.539. The van der Waals surface area contributed by atoms with E-state index >= 15 is 0 Å². The van der Waals surface area contributed by atoms with Gasteiger partial charge in [0.05, 0.1) is 5.56 Å². The normalized spacial score (nSPS) is 21.4. The summed E-state index contributed by atoms with van der Waals surface area (Å²) >= 11 is 17.3. The quantitative estimate of drug-likeness (QED) is 0.390. The van der Waals surface area contributed by atoms with Crippen molar-refractivity contribution >= 4 is 52.2 Å². The Morgan fingerprint density at radius 2 is 1.45 bits per heavy atom. The van der Waals surface area contributed by atoms with E-state index in [1.54, 1.807) is 27.7 Å². The van der Waals surface area contributed by atoms with E-state index in [0.29, 0.717) is 15.4 Å². The number of amidine groups is 1. The molecule has 10 heteroatoms. The van der Waals surface area contributed by atoms with Crippen molar-refractivity contribution < 1.29 is 24.3 Å². The Morgan fingerprint density at radius 1 is 0.931 bits per heavy atom. The monoisotopic (exact) mass is 457 g/mol. The number of halogens is 3. The Balaban J connectivity index is 1.92. The van der Waals surface area contributed by atoms with E-state index in [0.717, 1.165) is 0 Å². The molecule has 1 radical (unpaired) electrons. The summed E-state index contributed by atoms with van der Waals surface area (Å²) in [4.78, 5) is 24.1. The molecule has 0 spiro atoms. The lowest BCUT2D eigenvalue weighted by Crippen LogP contribution is -2.53. The molecule has 7 nitrogen and oxygen atoms in total. The smallest absolute Gasteiger partial charge is 0.316 e. The predicted octanol–water partition coefficient (Wildman–Crippen LogP) is 3.83. The zero-order valence-corrected chi connectivity index (χ0v) is 18.1.